The van der Waals surface area contributed by atoms with E-state index in [-0.39, 0.29) is 11.9 Å². The number of aromatic nitrogens is 3. The van der Waals surface area contributed by atoms with Crippen molar-refractivity contribution in [3.8, 4) is 0 Å². The molecule has 2 aromatic rings. The van der Waals surface area contributed by atoms with Crippen LogP contribution in [-0.2, 0) is 19.1 Å². The molecule has 2 saturated heterocycles. The predicted molar refractivity (Wildman–Crippen MR) is 121 cm³/mol. The Labute approximate surface area is 222 Å². The maximum atomic E-state index is 12.9. The van der Waals surface area contributed by atoms with Gasteiger partial charge in [-0.15, -0.1) is 0 Å². The van der Waals surface area contributed by atoms with E-state index in [1.54, 1.807) is 35.6 Å². The first-order valence-electron chi connectivity index (χ1n) is 11.3. The number of pyridine rings is 1. The Morgan fingerprint density at radius 3 is 1.88 bits per heavy atom. The molecule has 2 aliphatic heterocycles. The summed E-state index contributed by atoms with van der Waals surface area (Å²) in [5.74, 6) is -4.10. The van der Waals surface area contributed by atoms with Crippen molar-refractivity contribution >= 4 is 23.7 Å². The summed E-state index contributed by atoms with van der Waals surface area (Å²) >= 11 is 0. The van der Waals surface area contributed by atoms with Gasteiger partial charge in [0.15, 0.2) is 5.82 Å². The van der Waals surface area contributed by atoms with Crippen LogP contribution in [0.3, 0.4) is 0 Å². The van der Waals surface area contributed by atoms with Gasteiger partial charge in [0.25, 0.3) is 5.91 Å². The summed E-state index contributed by atoms with van der Waals surface area (Å²) in [7, 11) is 0. The number of carboxylic acids is 2. The number of amides is 1. The summed E-state index contributed by atoms with van der Waals surface area (Å²) in [4.78, 5) is 47.8. The van der Waals surface area contributed by atoms with Gasteiger partial charge < -0.3 is 29.5 Å². The standard InChI is InChI=1S/C18H21N5O3.2C2HF3O2/c24-18(14-1-4-19-5-2-14)23-9-12-26-13-15(23)17-20-6-3-16(21-17)22-7-10-25-11-8-22;2*3-2(4,5)1(6)7/h1-6,15H,7-13H2;2*(H,6,7). The van der Waals surface area contributed by atoms with E-state index in [1.165, 1.54) is 0 Å². The van der Waals surface area contributed by atoms with Gasteiger partial charge in [0.1, 0.15) is 11.9 Å². The number of carbonyl (C=O) groups excluding carboxylic acids is 1. The molecule has 2 fully saturated rings. The number of hydrogen-bond donors (Lipinski definition) is 2. The third-order valence-corrected chi connectivity index (χ3v) is 5.09. The number of nitrogens with zero attached hydrogens (tertiary/aromatic N) is 5. The average Bonchev–Trinajstić information content (AvgIpc) is 2.93. The van der Waals surface area contributed by atoms with E-state index in [9.17, 15) is 31.1 Å². The van der Waals surface area contributed by atoms with Gasteiger partial charge >= 0.3 is 24.3 Å². The summed E-state index contributed by atoms with van der Waals surface area (Å²) in [6.45, 7) is 4.41. The molecule has 4 heterocycles. The average molecular weight is 583 g/mol. The smallest absolute Gasteiger partial charge is 0.475 e. The van der Waals surface area contributed by atoms with Crippen LogP contribution < -0.4 is 4.90 Å². The van der Waals surface area contributed by atoms with Crippen LogP contribution in [0.1, 0.15) is 22.2 Å². The molecule has 1 amide bonds. The molecule has 4 rings (SSSR count). The van der Waals surface area contributed by atoms with Crippen LogP contribution in [0.15, 0.2) is 36.8 Å². The molecule has 1 unspecified atom stereocenters. The monoisotopic (exact) mass is 583 g/mol. The van der Waals surface area contributed by atoms with E-state index in [0.717, 1.165) is 18.9 Å². The first-order valence-corrected chi connectivity index (χ1v) is 11.3. The zero-order valence-electron chi connectivity index (χ0n) is 20.4. The van der Waals surface area contributed by atoms with E-state index in [4.69, 9.17) is 34.3 Å². The molecule has 12 nitrogen and oxygen atoms in total. The lowest BCUT2D eigenvalue weighted by atomic mass is 10.1. The molecule has 0 aromatic carbocycles. The molecule has 2 N–H and O–H groups in total. The highest BCUT2D eigenvalue weighted by Crippen LogP contribution is 2.25. The highest BCUT2D eigenvalue weighted by molar-refractivity contribution is 5.94. The number of rotatable bonds is 3. The Morgan fingerprint density at radius 1 is 0.825 bits per heavy atom. The van der Waals surface area contributed by atoms with Gasteiger partial charge in [0, 0.05) is 43.8 Å². The first kappa shape index (κ1) is 32.2. The zero-order chi connectivity index (χ0) is 29.9. The van der Waals surface area contributed by atoms with Gasteiger partial charge in [-0.05, 0) is 18.2 Å². The molecule has 2 aromatic heterocycles. The molecule has 0 aliphatic carbocycles. The zero-order valence-corrected chi connectivity index (χ0v) is 20.4. The van der Waals surface area contributed by atoms with E-state index >= 15 is 0 Å². The number of ether oxygens (including phenoxy) is 2. The van der Waals surface area contributed by atoms with Crippen LogP contribution in [0.5, 0.6) is 0 Å². The minimum absolute atomic E-state index is 0.0546. The van der Waals surface area contributed by atoms with E-state index in [0.29, 0.717) is 44.4 Å². The normalized spacial score (nSPS) is 17.5. The van der Waals surface area contributed by atoms with Gasteiger partial charge in [-0.25, -0.2) is 19.6 Å². The van der Waals surface area contributed by atoms with Crippen molar-refractivity contribution in [3.63, 3.8) is 0 Å². The SMILES string of the molecule is O=C(O)C(F)(F)F.O=C(O)C(F)(F)F.O=C(c1ccncc1)N1CCOCC1c1nccc(N2CCOCC2)n1. The number of morpholine rings is 2. The van der Waals surface area contributed by atoms with Crippen LogP contribution >= 0.6 is 0 Å². The minimum atomic E-state index is -5.08. The fraction of sp³-hybridized carbons (Fsp3) is 0.455. The molecular formula is C22H23F6N5O7. The van der Waals surface area contributed by atoms with Gasteiger partial charge in [-0.2, -0.15) is 26.3 Å². The summed E-state index contributed by atoms with van der Waals surface area (Å²) in [5, 5.41) is 14.2. The van der Waals surface area contributed by atoms with E-state index < -0.39 is 24.3 Å². The maximum Gasteiger partial charge on any atom is 0.490 e. The molecule has 0 radical (unpaired) electrons. The summed E-state index contributed by atoms with van der Waals surface area (Å²) < 4.78 is 74.5. The highest BCUT2D eigenvalue weighted by atomic mass is 19.4. The molecule has 1 atom stereocenters. The molecule has 0 saturated carbocycles. The first-order chi connectivity index (χ1) is 18.7. The summed E-state index contributed by atoms with van der Waals surface area (Å²) in [6, 6.07) is 5.04. The fourth-order valence-electron chi connectivity index (χ4n) is 3.21. The molecule has 2 aliphatic rings. The lowest BCUT2D eigenvalue weighted by Gasteiger charge is -2.35. The minimum Gasteiger partial charge on any atom is -0.475 e. The van der Waals surface area contributed by atoms with E-state index in [2.05, 4.69) is 14.9 Å². The Bertz CT molecular complexity index is 1110. The Balaban J connectivity index is 0.000000333. The lowest BCUT2D eigenvalue weighted by molar-refractivity contribution is -0.193. The lowest BCUT2D eigenvalue weighted by Crippen LogP contribution is -2.44. The van der Waals surface area contributed by atoms with Crippen molar-refractivity contribution < 1.29 is 60.4 Å². The number of alkyl halides is 6. The van der Waals surface area contributed by atoms with Gasteiger partial charge in [0.05, 0.1) is 26.4 Å². The molecule has 0 spiro atoms. The van der Waals surface area contributed by atoms with Gasteiger partial charge in [-0.1, -0.05) is 0 Å². The Kier molecular flexibility index (Phi) is 11.5. The quantitative estimate of drug-likeness (QED) is 0.511. The van der Waals surface area contributed by atoms with Crippen LogP contribution in [0.4, 0.5) is 32.2 Å². The van der Waals surface area contributed by atoms with Crippen LogP contribution in [0, 0.1) is 0 Å². The van der Waals surface area contributed by atoms with Crippen molar-refractivity contribution in [3.05, 3.63) is 48.2 Å². The number of anilines is 1. The van der Waals surface area contributed by atoms with Crippen LogP contribution in [-0.4, -0.2) is 106 Å². The van der Waals surface area contributed by atoms with Crippen molar-refractivity contribution in [2.75, 3.05) is 51.0 Å². The van der Waals surface area contributed by atoms with Crippen molar-refractivity contribution in [2.24, 2.45) is 0 Å². The largest absolute Gasteiger partial charge is 0.490 e. The molecular weight excluding hydrogens is 560 g/mol. The summed E-state index contributed by atoms with van der Waals surface area (Å²) in [6.07, 6.45) is -5.17. The topological polar surface area (TPSA) is 155 Å². The van der Waals surface area contributed by atoms with Gasteiger partial charge in [0.2, 0.25) is 0 Å². The van der Waals surface area contributed by atoms with Crippen molar-refractivity contribution in [1.82, 2.24) is 19.9 Å². The van der Waals surface area contributed by atoms with Crippen LogP contribution in [0.25, 0.3) is 0 Å². The maximum absolute atomic E-state index is 12.9. The number of carbonyl (C=O) groups is 3. The summed E-state index contributed by atoms with van der Waals surface area (Å²) in [5.41, 5.74) is 0.608. The third kappa shape index (κ3) is 9.92. The van der Waals surface area contributed by atoms with Crippen LogP contribution in [0.2, 0.25) is 0 Å². The second kappa shape index (κ2) is 14.4. The number of hydrogen-bond acceptors (Lipinski definition) is 9. The molecule has 220 valence electrons. The fourth-order valence-corrected chi connectivity index (χ4v) is 3.21. The second-order valence-corrected chi connectivity index (χ2v) is 7.80. The molecule has 18 heteroatoms. The van der Waals surface area contributed by atoms with Crippen molar-refractivity contribution in [2.45, 2.75) is 18.4 Å². The van der Waals surface area contributed by atoms with E-state index in [1.807, 2.05) is 6.07 Å². The number of aliphatic carboxylic acids is 2. The third-order valence-electron chi connectivity index (χ3n) is 5.09. The number of carboxylic acid groups (broad SMARTS) is 2. The second-order valence-electron chi connectivity index (χ2n) is 7.80. The number of halogens is 6. The molecule has 0 bridgehead atoms. The Morgan fingerprint density at radius 2 is 1.35 bits per heavy atom. The molecule has 40 heavy (non-hydrogen) atoms. The Hall–Kier alpha value is -4.06. The van der Waals surface area contributed by atoms with Gasteiger partial charge in [-0.3, -0.25) is 9.78 Å². The predicted octanol–water partition coefficient (Wildman–Crippen LogP) is 2.19. The van der Waals surface area contributed by atoms with Crippen molar-refractivity contribution in [1.29, 1.82) is 0 Å². The highest BCUT2D eigenvalue weighted by Gasteiger charge is 2.39.